The van der Waals surface area contributed by atoms with Crippen molar-refractivity contribution < 1.29 is 14.6 Å². The van der Waals surface area contributed by atoms with Crippen LogP contribution in [0.2, 0.25) is 0 Å². The third-order valence-electron chi connectivity index (χ3n) is 3.17. The molecule has 2 heterocycles. The Bertz CT molecular complexity index is 406. The minimum absolute atomic E-state index is 0.0573. The van der Waals surface area contributed by atoms with E-state index < -0.39 is 0 Å². The molecule has 0 aliphatic carbocycles. The standard InChI is InChI=1S/C12H19N3O3/c1-9-13-10(7-11(14-9)17-2)15-12(8-16)3-5-18-6-4-12/h7,16H,3-6,8H2,1-2H3,(H,13,14,15). The predicted octanol–water partition coefficient (Wildman–Crippen LogP) is 0.747. The number of hydrogen-bond donors (Lipinski definition) is 2. The Labute approximate surface area is 106 Å². The maximum atomic E-state index is 9.61. The summed E-state index contributed by atoms with van der Waals surface area (Å²) < 4.78 is 10.4. The van der Waals surface area contributed by atoms with Gasteiger partial charge in [-0.2, -0.15) is 4.98 Å². The molecule has 1 aliphatic rings. The normalized spacial score (nSPS) is 18.4. The van der Waals surface area contributed by atoms with E-state index in [2.05, 4.69) is 15.3 Å². The molecule has 100 valence electrons. The fraction of sp³-hybridized carbons (Fsp3) is 0.667. The fourth-order valence-corrected chi connectivity index (χ4v) is 2.07. The zero-order chi connectivity index (χ0) is 13.0. The molecular weight excluding hydrogens is 234 g/mol. The molecule has 1 aromatic rings. The molecule has 0 atom stereocenters. The van der Waals surface area contributed by atoms with E-state index >= 15 is 0 Å². The number of rotatable bonds is 4. The van der Waals surface area contributed by atoms with Crippen molar-refractivity contribution in [3.8, 4) is 5.88 Å². The fourth-order valence-electron chi connectivity index (χ4n) is 2.07. The van der Waals surface area contributed by atoms with Crippen LogP contribution in [0, 0.1) is 6.92 Å². The molecule has 1 fully saturated rings. The maximum Gasteiger partial charge on any atom is 0.218 e. The molecule has 1 saturated heterocycles. The number of ether oxygens (including phenoxy) is 2. The SMILES string of the molecule is COc1cc(NC2(CO)CCOCC2)nc(C)n1. The minimum atomic E-state index is -0.357. The molecule has 0 saturated carbocycles. The number of anilines is 1. The lowest BCUT2D eigenvalue weighted by molar-refractivity contribution is 0.0378. The lowest BCUT2D eigenvalue weighted by Gasteiger charge is -2.36. The largest absolute Gasteiger partial charge is 0.481 e. The van der Waals surface area contributed by atoms with E-state index in [9.17, 15) is 5.11 Å². The summed E-state index contributed by atoms with van der Waals surface area (Å²) >= 11 is 0. The van der Waals surface area contributed by atoms with Gasteiger partial charge < -0.3 is 19.9 Å². The summed E-state index contributed by atoms with van der Waals surface area (Å²) in [6.07, 6.45) is 1.52. The van der Waals surface area contributed by atoms with Gasteiger partial charge in [0.25, 0.3) is 0 Å². The number of nitrogens with zero attached hydrogens (tertiary/aromatic N) is 2. The zero-order valence-electron chi connectivity index (χ0n) is 10.8. The van der Waals surface area contributed by atoms with Gasteiger partial charge in [-0.25, -0.2) is 4.98 Å². The molecule has 1 aromatic heterocycles. The highest BCUT2D eigenvalue weighted by atomic mass is 16.5. The number of methoxy groups -OCH3 is 1. The molecular formula is C12H19N3O3. The van der Waals surface area contributed by atoms with Crippen molar-refractivity contribution in [1.29, 1.82) is 0 Å². The molecule has 6 heteroatoms. The molecule has 0 bridgehead atoms. The molecule has 0 unspecified atom stereocenters. The van der Waals surface area contributed by atoms with Gasteiger partial charge >= 0.3 is 0 Å². The first kappa shape index (κ1) is 13.0. The van der Waals surface area contributed by atoms with E-state index in [0.717, 1.165) is 12.8 Å². The lowest BCUT2D eigenvalue weighted by Crippen LogP contribution is -2.47. The van der Waals surface area contributed by atoms with Gasteiger partial charge in [-0.05, 0) is 19.8 Å². The zero-order valence-corrected chi connectivity index (χ0v) is 10.8. The Hall–Kier alpha value is -1.40. The van der Waals surface area contributed by atoms with Crippen LogP contribution in [0.25, 0.3) is 0 Å². The first-order valence-corrected chi connectivity index (χ1v) is 6.04. The van der Waals surface area contributed by atoms with Crippen LogP contribution in [-0.4, -0.2) is 47.5 Å². The van der Waals surface area contributed by atoms with Gasteiger partial charge in [-0.3, -0.25) is 0 Å². The van der Waals surface area contributed by atoms with Gasteiger partial charge in [0, 0.05) is 19.3 Å². The topological polar surface area (TPSA) is 76.5 Å². The molecule has 2 rings (SSSR count). The molecule has 0 spiro atoms. The average Bonchev–Trinajstić information content (AvgIpc) is 2.39. The second kappa shape index (κ2) is 5.49. The summed E-state index contributed by atoms with van der Waals surface area (Å²) in [6, 6.07) is 1.74. The summed E-state index contributed by atoms with van der Waals surface area (Å²) in [5.74, 6) is 1.83. The number of aromatic nitrogens is 2. The van der Waals surface area contributed by atoms with Crippen molar-refractivity contribution in [3.63, 3.8) is 0 Å². The summed E-state index contributed by atoms with van der Waals surface area (Å²) in [5, 5.41) is 12.9. The van der Waals surface area contributed by atoms with Gasteiger partial charge in [0.05, 0.1) is 19.3 Å². The lowest BCUT2D eigenvalue weighted by atomic mass is 9.91. The average molecular weight is 253 g/mol. The van der Waals surface area contributed by atoms with Crippen molar-refractivity contribution in [2.75, 3.05) is 32.2 Å². The van der Waals surface area contributed by atoms with Crippen molar-refractivity contribution in [3.05, 3.63) is 11.9 Å². The third kappa shape index (κ3) is 2.88. The number of aliphatic hydroxyl groups is 1. The Morgan fingerprint density at radius 1 is 1.44 bits per heavy atom. The monoisotopic (exact) mass is 253 g/mol. The van der Waals surface area contributed by atoms with Crippen LogP contribution in [-0.2, 0) is 4.74 Å². The maximum absolute atomic E-state index is 9.61. The molecule has 2 N–H and O–H groups in total. The van der Waals surface area contributed by atoms with Crippen LogP contribution < -0.4 is 10.1 Å². The van der Waals surface area contributed by atoms with Crippen LogP contribution in [0.4, 0.5) is 5.82 Å². The summed E-state index contributed by atoms with van der Waals surface area (Å²) in [6.45, 7) is 3.16. The van der Waals surface area contributed by atoms with Gasteiger partial charge in [0.1, 0.15) is 11.6 Å². The van der Waals surface area contributed by atoms with E-state index in [4.69, 9.17) is 9.47 Å². The number of hydrogen-bond acceptors (Lipinski definition) is 6. The second-order valence-corrected chi connectivity index (χ2v) is 4.52. The van der Waals surface area contributed by atoms with Crippen LogP contribution in [0.15, 0.2) is 6.07 Å². The highest BCUT2D eigenvalue weighted by molar-refractivity contribution is 5.41. The third-order valence-corrected chi connectivity index (χ3v) is 3.17. The Balaban J connectivity index is 2.18. The van der Waals surface area contributed by atoms with Crippen molar-refractivity contribution in [2.24, 2.45) is 0 Å². The predicted molar refractivity (Wildman–Crippen MR) is 66.8 cm³/mol. The van der Waals surface area contributed by atoms with Crippen molar-refractivity contribution in [2.45, 2.75) is 25.3 Å². The summed E-state index contributed by atoms with van der Waals surface area (Å²) in [4.78, 5) is 8.45. The number of aryl methyl sites for hydroxylation is 1. The van der Waals surface area contributed by atoms with Crippen LogP contribution in [0.5, 0.6) is 5.88 Å². The Kier molecular flexibility index (Phi) is 3.98. The van der Waals surface area contributed by atoms with E-state index in [-0.39, 0.29) is 12.1 Å². The van der Waals surface area contributed by atoms with E-state index in [1.165, 1.54) is 0 Å². The molecule has 0 radical (unpaired) electrons. The second-order valence-electron chi connectivity index (χ2n) is 4.52. The van der Waals surface area contributed by atoms with Crippen LogP contribution in [0.1, 0.15) is 18.7 Å². The quantitative estimate of drug-likeness (QED) is 0.824. The van der Waals surface area contributed by atoms with E-state index in [1.54, 1.807) is 13.2 Å². The van der Waals surface area contributed by atoms with Gasteiger partial charge in [-0.15, -0.1) is 0 Å². The van der Waals surface area contributed by atoms with E-state index in [0.29, 0.717) is 30.7 Å². The first-order chi connectivity index (χ1) is 8.67. The highest BCUT2D eigenvalue weighted by Gasteiger charge is 2.32. The highest BCUT2D eigenvalue weighted by Crippen LogP contribution is 2.25. The summed E-state index contributed by atoms with van der Waals surface area (Å²) in [7, 11) is 1.57. The van der Waals surface area contributed by atoms with Crippen LogP contribution in [0.3, 0.4) is 0 Å². The molecule has 1 aliphatic heterocycles. The minimum Gasteiger partial charge on any atom is -0.481 e. The smallest absolute Gasteiger partial charge is 0.218 e. The first-order valence-electron chi connectivity index (χ1n) is 6.04. The molecule has 18 heavy (non-hydrogen) atoms. The number of aliphatic hydroxyl groups excluding tert-OH is 1. The van der Waals surface area contributed by atoms with Crippen molar-refractivity contribution >= 4 is 5.82 Å². The Morgan fingerprint density at radius 3 is 2.78 bits per heavy atom. The Morgan fingerprint density at radius 2 is 2.17 bits per heavy atom. The van der Waals surface area contributed by atoms with Crippen LogP contribution >= 0.6 is 0 Å². The molecule has 0 amide bonds. The van der Waals surface area contributed by atoms with Crippen molar-refractivity contribution in [1.82, 2.24) is 9.97 Å². The molecule has 0 aromatic carbocycles. The van der Waals surface area contributed by atoms with E-state index in [1.807, 2.05) is 6.92 Å². The number of nitrogens with one attached hydrogen (secondary N) is 1. The van der Waals surface area contributed by atoms with Gasteiger partial charge in [0.15, 0.2) is 0 Å². The summed E-state index contributed by atoms with van der Waals surface area (Å²) in [5.41, 5.74) is -0.357. The van der Waals surface area contributed by atoms with Gasteiger partial charge in [-0.1, -0.05) is 0 Å². The molecule has 6 nitrogen and oxygen atoms in total. The van der Waals surface area contributed by atoms with Gasteiger partial charge in [0.2, 0.25) is 5.88 Å².